The first-order valence-corrected chi connectivity index (χ1v) is 6.73. The first-order valence-electron chi connectivity index (χ1n) is 4.86. The molecule has 1 atom stereocenters. The molecular weight excluding hydrogens is 212 g/mol. The third kappa shape index (κ3) is 1.63. The maximum atomic E-state index is 12.2. The highest BCUT2D eigenvalue weighted by molar-refractivity contribution is 8.01. The van der Waals surface area contributed by atoms with E-state index in [1.807, 2.05) is 30.1 Å². The Kier molecular flexibility index (Phi) is 2.71. The molecule has 0 amide bonds. The minimum absolute atomic E-state index is 0.147. The standard InChI is InChI=1S/C11H14OS2/c1-8-9(4-7-13-8)10(12)11(2)5-3-6-14-11/h4,7H,3,5-6H2,1-2H3. The SMILES string of the molecule is Cc1sccc1C(=O)C1(C)CCCS1. The summed E-state index contributed by atoms with van der Waals surface area (Å²) in [6.45, 7) is 4.12. The second-order valence-corrected chi connectivity index (χ2v) is 6.62. The molecule has 3 heteroatoms. The first-order chi connectivity index (χ1) is 6.63. The second kappa shape index (κ2) is 3.70. The van der Waals surface area contributed by atoms with Crippen LogP contribution in [0.15, 0.2) is 11.4 Å². The predicted molar refractivity (Wildman–Crippen MR) is 63.5 cm³/mol. The van der Waals surface area contributed by atoms with Gasteiger partial charge in [-0.25, -0.2) is 0 Å². The van der Waals surface area contributed by atoms with Crippen LogP contribution in [0.1, 0.15) is 35.0 Å². The van der Waals surface area contributed by atoms with Gasteiger partial charge < -0.3 is 0 Å². The Bertz CT molecular complexity index is 348. The topological polar surface area (TPSA) is 17.1 Å². The van der Waals surface area contributed by atoms with Crippen LogP contribution in [-0.2, 0) is 0 Å². The highest BCUT2D eigenvalue weighted by atomic mass is 32.2. The monoisotopic (exact) mass is 226 g/mol. The molecule has 0 spiro atoms. The zero-order valence-electron chi connectivity index (χ0n) is 8.50. The van der Waals surface area contributed by atoms with Crippen molar-refractivity contribution in [2.75, 3.05) is 5.75 Å². The van der Waals surface area contributed by atoms with Gasteiger partial charge in [-0.15, -0.1) is 23.1 Å². The lowest BCUT2D eigenvalue weighted by Gasteiger charge is -2.20. The molecule has 2 heterocycles. The zero-order chi connectivity index (χ0) is 10.2. The maximum Gasteiger partial charge on any atom is 0.179 e. The van der Waals surface area contributed by atoms with Gasteiger partial charge in [0.15, 0.2) is 5.78 Å². The Morgan fingerprint density at radius 1 is 1.57 bits per heavy atom. The van der Waals surface area contributed by atoms with E-state index < -0.39 is 0 Å². The van der Waals surface area contributed by atoms with Gasteiger partial charge >= 0.3 is 0 Å². The highest BCUT2D eigenvalue weighted by Gasteiger charge is 2.38. The van der Waals surface area contributed by atoms with Gasteiger partial charge in [-0.2, -0.15) is 0 Å². The zero-order valence-corrected chi connectivity index (χ0v) is 10.1. The van der Waals surface area contributed by atoms with E-state index in [4.69, 9.17) is 0 Å². The fourth-order valence-electron chi connectivity index (χ4n) is 1.86. The molecule has 0 saturated carbocycles. The Hall–Kier alpha value is -0.280. The third-order valence-corrected chi connectivity index (χ3v) is 5.17. The molecule has 1 nitrogen and oxygen atoms in total. The summed E-state index contributed by atoms with van der Waals surface area (Å²) in [6.07, 6.45) is 2.21. The number of aryl methyl sites for hydroxylation is 1. The molecule has 1 aliphatic heterocycles. The molecular formula is C11H14OS2. The van der Waals surface area contributed by atoms with Crippen LogP contribution in [-0.4, -0.2) is 16.3 Å². The average molecular weight is 226 g/mol. The Balaban J connectivity index is 2.28. The van der Waals surface area contributed by atoms with Crippen LogP contribution in [0.3, 0.4) is 0 Å². The first kappa shape index (κ1) is 10.2. The number of carbonyl (C=O) groups excluding carboxylic acids is 1. The summed E-state index contributed by atoms with van der Waals surface area (Å²) in [6, 6.07) is 1.96. The van der Waals surface area contributed by atoms with E-state index in [9.17, 15) is 4.79 Å². The molecule has 2 rings (SSSR count). The van der Waals surface area contributed by atoms with Gasteiger partial charge in [0.05, 0.1) is 4.75 Å². The van der Waals surface area contributed by atoms with Gasteiger partial charge in [-0.1, -0.05) is 0 Å². The summed E-state index contributed by atoms with van der Waals surface area (Å²) < 4.78 is -0.147. The largest absolute Gasteiger partial charge is 0.293 e. The van der Waals surface area contributed by atoms with Crippen molar-refractivity contribution in [1.29, 1.82) is 0 Å². The summed E-state index contributed by atoms with van der Waals surface area (Å²) in [5.41, 5.74) is 0.937. The van der Waals surface area contributed by atoms with Crippen LogP contribution in [0.25, 0.3) is 0 Å². The van der Waals surface area contributed by atoms with Crippen molar-refractivity contribution >= 4 is 28.9 Å². The van der Waals surface area contributed by atoms with Crippen molar-refractivity contribution in [2.45, 2.75) is 31.4 Å². The van der Waals surface area contributed by atoms with Crippen LogP contribution >= 0.6 is 23.1 Å². The van der Waals surface area contributed by atoms with Crippen molar-refractivity contribution < 1.29 is 4.79 Å². The van der Waals surface area contributed by atoms with Crippen molar-refractivity contribution in [2.24, 2.45) is 0 Å². The molecule has 0 aromatic carbocycles. The minimum Gasteiger partial charge on any atom is -0.293 e. The van der Waals surface area contributed by atoms with Gasteiger partial charge in [-0.05, 0) is 43.9 Å². The number of carbonyl (C=O) groups is 1. The van der Waals surface area contributed by atoms with Crippen molar-refractivity contribution in [3.05, 3.63) is 21.9 Å². The van der Waals surface area contributed by atoms with Gasteiger partial charge in [0, 0.05) is 10.4 Å². The Morgan fingerprint density at radius 3 is 2.86 bits per heavy atom. The second-order valence-electron chi connectivity index (χ2n) is 3.90. The molecule has 0 N–H and O–H groups in total. The number of thiophene rings is 1. The Morgan fingerprint density at radius 2 is 2.36 bits per heavy atom. The van der Waals surface area contributed by atoms with E-state index >= 15 is 0 Å². The molecule has 76 valence electrons. The lowest BCUT2D eigenvalue weighted by atomic mass is 9.95. The van der Waals surface area contributed by atoms with E-state index in [0.717, 1.165) is 22.6 Å². The number of ketones is 1. The number of rotatable bonds is 2. The predicted octanol–water partition coefficient (Wildman–Crippen LogP) is 3.52. The summed E-state index contributed by atoms with van der Waals surface area (Å²) in [5.74, 6) is 1.46. The fraction of sp³-hybridized carbons (Fsp3) is 0.545. The lowest BCUT2D eigenvalue weighted by Crippen LogP contribution is -2.28. The number of thioether (sulfide) groups is 1. The van der Waals surface area contributed by atoms with Crippen molar-refractivity contribution in [1.82, 2.24) is 0 Å². The average Bonchev–Trinajstić information content (AvgIpc) is 2.74. The van der Waals surface area contributed by atoms with Gasteiger partial charge in [-0.3, -0.25) is 4.79 Å². The van der Waals surface area contributed by atoms with Crippen LogP contribution < -0.4 is 0 Å². The molecule has 1 aliphatic rings. The summed E-state index contributed by atoms with van der Waals surface area (Å²) in [7, 11) is 0. The Labute approximate surface area is 92.9 Å². The summed E-state index contributed by atoms with van der Waals surface area (Å²) in [4.78, 5) is 13.4. The lowest BCUT2D eigenvalue weighted by molar-refractivity contribution is 0.0949. The van der Waals surface area contributed by atoms with Crippen molar-refractivity contribution in [3.63, 3.8) is 0 Å². The number of hydrogen-bond acceptors (Lipinski definition) is 3. The number of Topliss-reactive ketones (excluding diaryl/α,β-unsaturated/α-hetero) is 1. The van der Waals surface area contributed by atoms with E-state index in [1.165, 1.54) is 6.42 Å². The molecule has 1 aromatic rings. The normalized spacial score (nSPS) is 26.7. The van der Waals surface area contributed by atoms with Crippen LogP contribution in [0, 0.1) is 6.92 Å². The third-order valence-electron chi connectivity index (χ3n) is 2.80. The molecule has 0 aliphatic carbocycles. The van der Waals surface area contributed by atoms with E-state index in [2.05, 4.69) is 6.92 Å². The van der Waals surface area contributed by atoms with E-state index in [1.54, 1.807) is 11.3 Å². The molecule has 0 radical (unpaired) electrons. The van der Waals surface area contributed by atoms with Crippen molar-refractivity contribution in [3.8, 4) is 0 Å². The highest BCUT2D eigenvalue weighted by Crippen LogP contribution is 2.41. The van der Waals surface area contributed by atoms with Crippen LogP contribution in [0.2, 0.25) is 0 Å². The summed E-state index contributed by atoms with van der Waals surface area (Å²) >= 11 is 3.47. The van der Waals surface area contributed by atoms with E-state index in [0.29, 0.717) is 5.78 Å². The summed E-state index contributed by atoms with van der Waals surface area (Å²) in [5, 5.41) is 2.01. The van der Waals surface area contributed by atoms with Gasteiger partial charge in [0.25, 0.3) is 0 Å². The maximum absolute atomic E-state index is 12.2. The molecule has 0 bridgehead atoms. The molecule has 1 fully saturated rings. The minimum atomic E-state index is -0.147. The molecule has 14 heavy (non-hydrogen) atoms. The molecule has 1 unspecified atom stereocenters. The smallest absolute Gasteiger partial charge is 0.179 e. The number of hydrogen-bond donors (Lipinski definition) is 0. The quantitative estimate of drug-likeness (QED) is 0.718. The van der Waals surface area contributed by atoms with Gasteiger partial charge in [0.1, 0.15) is 0 Å². The van der Waals surface area contributed by atoms with E-state index in [-0.39, 0.29) is 4.75 Å². The van der Waals surface area contributed by atoms with Gasteiger partial charge in [0.2, 0.25) is 0 Å². The van der Waals surface area contributed by atoms with Crippen LogP contribution in [0.4, 0.5) is 0 Å². The van der Waals surface area contributed by atoms with Crippen LogP contribution in [0.5, 0.6) is 0 Å². The molecule has 1 aromatic heterocycles. The fourth-order valence-corrected chi connectivity index (χ4v) is 3.83. The molecule has 1 saturated heterocycles.